The van der Waals surface area contributed by atoms with Gasteiger partial charge in [0.15, 0.2) is 0 Å². The first-order chi connectivity index (χ1) is 13.4. The summed E-state index contributed by atoms with van der Waals surface area (Å²) in [6.07, 6.45) is 6.54. The van der Waals surface area contributed by atoms with Gasteiger partial charge in [0.2, 0.25) is 5.95 Å². The molecule has 0 N–H and O–H groups in total. The van der Waals surface area contributed by atoms with E-state index in [0.717, 1.165) is 44.4 Å². The maximum absolute atomic E-state index is 12.1. The summed E-state index contributed by atoms with van der Waals surface area (Å²) >= 11 is 0. The largest absolute Gasteiger partial charge is 0.338 e. The third-order valence-electron chi connectivity index (χ3n) is 5.63. The zero-order valence-electron chi connectivity index (χ0n) is 17.1. The number of hydrogen-bond acceptors (Lipinski definition) is 6. The molecule has 2 fully saturated rings. The van der Waals surface area contributed by atoms with Crippen molar-refractivity contribution in [1.82, 2.24) is 24.6 Å². The Morgan fingerprint density at radius 2 is 1.68 bits per heavy atom. The highest BCUT2D eigenvalue weighted by Gasteiger charge is 2.25. The Bertz CT molecular complexity index is 858. The summed E-state index contributed by atoms with van der Waals surface area (Å²) in [7, 11) is 0. The van der Waals surface area contributed by atoms with Crippen LogP contribution < -0.4 is 10.5 Å². The number of nitrogens with zero attached hydrogens (tertiary/aromatic N) is 6. The Labute approximate surface area is 166 Å². The van der Waals surface area contributed by atoms with Crippen LogP contribution in [0.15, 0.2) is 29.3 Å². The zero-order chi connectivity index (χ0) is 19.7. The van der Waals surface area contributed by atoms with E-state index in [2.05, 4.69) is 45.6 Å². The van der Waals surface area contributed by atoms with Gasteiger partial charge in [-0.05, 0) is 30.4 Å². The van der Waals surface area contributed by atoms with Gasteiger partial charge < -0.3 is 4.90 Å². The average Bonchev–Trinajstić information content (AvgIpc) is 3.52. The van der Waals surface area contributed by atoms with Crippen molar-refractivity contribution in [2.24, 2.45) is 0 Å². The van der Waals surface area contributed by atoms with Crippen LogP contribution in [-0.2, 0) is 12.0 Å². The lowest BCUT2D eigenvalue weighted by molar-refractivity contribution is 0.241. The van der Waals surface area contributed by atoms with Gasteiger partial charge in [0.25, 0.3) is 5.56 Å². The van der Waals surface area contributed by atoms with Crippen molar-refractivity contribution in [1.29, 1.82) is 0 Å². The van der Waals surface area contributed by atoms with Crippen LogP contribution in [0, 0.1) is 0 Å². The van der Waals surface area contributed by atoms with E-state index in [9.17, 15) is 4.79 Å². The fourth-order valence-electron chi connectivity index (χ4n) is 3.54. The van der Waals surface area contributed by atoms with Crippen molar-refractivity contribution < 1.29 is 0 Å². The van der Waals surface area contributed by atoms with Gasteiger partial charge >= 0.3 is 0 Å². The monoisotopic (exact) mass is 382 g/mol. The number of anilines is 1. The minimum atomic E-state index is -0.0594. The summed E-state index contributed by atoms with van der Waals surface area (Å²) < 4.78 is 1.60. The van der Waals surface area contributed by atoms with Crippen LogP contribution in [0.5, 0.6) is 0 Å². The van der Waals surface area contributed by atoms with Crippen molar-refractivity contribution in [3.8, 4) is 0 Å². The molecule has 0 radical (unpaired) electrons. The molecular weight excluding hydrogens is 352 g/mol. The van der Waals surface area contributed by atoms with Crippen LogP contribution in [0.2, 0.25) is 0 Å². The second-order valence-electron chi connectivity index (χ2n) is 8.95. The summed E-state index contributed by atoms with van der Waals surface area (Å²) in [5.41, 5.74) is 2.13. The molecule has 3 heterocycles. The molecule has 1 aliphatic heterocycles. The van der Waals surface area contributed by atoms with Gasteiger partial charge in [0, 0.05) is 56.6 Å². The highest BCUT2D eigenvalue weighted by molar-refractivity contribution is 5.32. The van der Waals surface area contributed by atoms with Gasteiger partial charge in [-0.1, -0.05) is 20.8 Å². The van der Waals surface area contributed by atoms with Crippen molar-refractivity contribution >= 4 is 5.95 Å². The third-order valence-corrected chi connectivity index (χ3v) is 5.63. The Morgan fingerprint density at radius 3 is 2.29 bits per heavy atom. The molecule has 0 atom stereocenters. The molecule has 4 rings (SSSR count). The first-order valence-electron chi connectivity index (χ1n) is 10.3. The van der Waals surface area contributed by atoms with Gasteiger partial charge in [-0.3, -0.25) is 9.69 Å². The molecule has 1 saturated carbocycles. The molecular formula is C21H30N6O. The van der Waals surface area contributed by atoms with Gasteiger partial charge in [0.1, 0.15) is 0 Å². The van der Waals surface area contributed by atoms with Crippen LogP contribution in [-0.4, -0.2) is 57.4 Å². The molecule has 150 valence electrons. The predicted molar refractivity (Wildman–Crippen MR) is 110 cm³/mol. The van der Waals surface area contributed by atoms with Gasteiger partial charge in [-0.2, -0.15) is 5.10 Å². The smallest absolute Gasteiger partial charge is 0.266 e. The van der Waals surface area contributed by atoms with Crippen LogP contribution in [0.25, 0.3) is 0 Å². The summed E-state index contributed by atoms with van der Waals surface area (Å²) in [6.45, 7) is 11.5. The molecule has 2 aromatic heterocycles. The van der Waals surface area contributed by atoms with Crippen LogP contribution >= 0.6 is 0 Å². The lowest BCUT2D eigenvalue weighted by atomic mass is 9.92. The van der Waals surface area contributed by atoms with E-state index >= 15 is 0 Å². The molecule has 2 aromatic rings. The van der Waals surface area contributed by atoms with E-state index in [-0.39, 0.29) is 11.0 Å². The number of rotatable bonds is 5. The number of piperazine rings is 1. The van der Waals surface area contributed by atoms with Gasteiger partial charge in [0.05, 0.1) is 12.2 Å². The SMILES string of the molecule is CC(C)(C)c1ccc(=O)n(CCN2CCN(c3ncc(C4CC4)cn3)CC2)n1. The second kappa shape index (κ2) is 7.62. The molecule has 2 aliphatic rings. The van der Waals surface area contributed by atoms with Crippen LogP contribution in [0.1, 0.15) is 50.8 Å². The first kappa shape index (κ1) is 19.1. The fourth-order valence-corrected chi connectivity index (χ4v) is 3.54. The van der Waals surface area contributed by atoms with Gasteiger partial charge in [-0.15, -0.1) is 0 Å². The van der Waals surface area contributed by atoms with E-state index in [4.69, 9.17) is 0 Å². The summed E-state index contributed by atoms with van der Waals surface area (Å²) in [4.78, 5) is 25.9. The Hall–Kier alpha value is -2.28. The molecule has 0 bridgehead atoms. The molecule has 28 heavy (non-hydrogen) atoms. The number of aromatic nitrogens is 4. The van der Waals surface area contributed by atoms with E-state index < -0.39 is 0 Å². The molecule has 1 aliphatic carbocycles. The zero-order valence-corrected chi connectivity index (χ0v) is 17.1. The first-order valence-corrected chi connectivity index (χ1v) is 10.3. The highest BCUT2D eigenvalue weighted by Crippen LogP contribution is 2.39. The average molecular weight is 383 g/mol. The van der Waals surface area contributed by atoms with E-state index in [1.807, 2.05) is 18.5 Å². The predicted octanol–water partition coefficient (Wildman–Crippen LogP) is 2.03. The van der Waals surface area contributed by atoms with Crippen molar-refractivity contribution in [3.05, 3.63) is 46.1 Å². The fraction of sp³-hybridized carbons (Fsp3) is 0.619. The highest BCUT2D eigenvalue weighted by atomic mass is 16.1. The van der Waals surface area contributed by atoms with Crippen molar-refractivity contribution in [2.75, 3.05) is 37.6 Å². The van der Waals surface area contributed by atoms with Crippen LogP contribution in [0.3, 0.4) is 0 Å². The summed E-state index contributed by atoms with van der Waals surface area (Å²) in [5.74, 6) is 1.53. The molecule has 7 nitrogen and oxygen atoms in total. The molecule has 0 aromatic carbocycles. The lowest BCUT2D eigenvalue weighted by Gasteiger charge is -2.34. The standard InChI is InChI=1S/C21H30N6O/c1-21(2,3)18-6-7-19(28)27(24-18)13-10-25-8-11-26(12-9-25)20-22-14-17(15-23-20)16-4-5-16/h6-7,14-16H,4-5,8-13H2,1-3H3. The van der Waals surface area contributed by atoms with E-state index in [1.165, 1.54) is 18.4 Å². The lowest BCUT2D eigenvalue weighted by Crippen LogP contribution is -2.48. The van der Waals surface area contributed by atoms with Gasteiger partial charge in [-0.25, -0.2) is 14.6 Å². The molecule has 0 unspecified atom stereocenters. The van der Waals surface area contributed by atoms with E-state index in [1.54, 1.807) is 10.7 Å². The van der Waals surface area contributed by atoms with Crippen LogP contribution in [0.4, 0.5) is 5.95 Å². The quantitative estimate of drug-likeness (QED) is 0.788. The van der Waals surface area contributed by atoms with Crippen molar-refractivity contribution in [2.45, 2.75) is 51.5 Å². The third kappa shape index (κ3) is 4.41. The Kier molecular flexibility index (Phi) is 5.19. The van der Waals surface area contributed by atoms with Crippen molar-refractivity contribution in [3.63, 3.8) is 0 Å². The molecule has 0 spiro atoms. The summed E-state index contributed by atoms with van der Waals surface area (Å²) in [5, 5.41) is 4.57. The van der Waals surface area contributed by atoms with E-state index in [0.29, 0.717) is 12.5 Å². The normalized spacial score (nSPS) is 18.5. The number of hydrogen-bond donors (Lipinski definition) is 0. The second-order valence-corrected chi connectivity index (χ2v) is 8.95. The molecule has 7 heteroatoms. The topological polar surface area (TPSA) is 67.2 Å². The maximum Gasteiger partial charge on any atom is 0.266 e. The molecule has 0 amide bonds. The maximum atomic E-state index is 12.1. The summed E-state index contributed by atoms with van der Waals surface area (Å²) in [6, 6.07) is 3.47. The Morgan fingerprint density at radius 1 is 1.00 bits per heavy atom. The Balaban J connectivity index is 1.30. The molecule has 1 saturated heterocycles. The minimum absolute atomic E-state index is 0.0317. The minimum Gasteiger partial charge on any atom is -0.338 e.